The number of carbonyl (C=O) groups excluding carboxylic acids is 2. The van der Waals surface area contributed by atoms with Gasteiger partial charge in [0.05, 0.1) is 5.56 Å². The molecule has 5 heteroatoms. The average Bonchev–Trinajstić information content (AvgIpc) is 3.06. The van der Waals surface area contributed by atoms with Gasteiger partial charge < -0.3 is 10.3 Å². The quantitative estimate of drug-likeness (QED) is 0.640. The standard InChI is InChI=1S/C13H11FN2O2/c14-7-1-4-11-9(5-7)10(6-15-11)12(17)13(18)16-8-2-3-8/h1,4-6,8,15H,2-3H2,(H,16,18). The minimum Gasteiger partial charge on any atom is -0.360 e. The van der Waals surface area contributed by atoms with Crippen LogP contribution in [0.5, 0.6) is 0 Å². The monoisotopic (exact) mass is 246 g/mol. The van der Waals surface area contributed by atoms with Crippen LogP contribution in [0, 0.1) is 5.82 Å². The normalized spacial score (nSPS) is 14.7. The fourth-order valence-electron chi connectivity index (χ4n) is 1.88. The van der Waals surface area contributed by atoms with Crippen LogP contribution in [0.25, 0.3) is 10.9 Å². The predicted molar refractivity (Wildman–Crippen MR) is 63.8 cm³/mol. The van der Waals surface area contributed by atoms with Gasteiger partial charge in [0, 0.05) is 23.1 Å². The van der Waals surface area contributed by atoms with Gasteiger partial charge in [-0.2, -0.15) is 0 Å². The number of hydrogen-bond acceptors (Lipinski definition) is 2. The van der Waals surface area contributed by atoms with Crippen LogP contribution in [-0.4, -0.2) is 22.7 Å². The zero-order chi connectivity index (χ0) is 12.7. The summed E-state index contributed by atoms with van der Waals surface area (Å²) in [7, 11) is 0. The first-order valence-electron chi connectivity index (χ1n) is 5.77. The van der Waals surface area contributed by atoms with Crippen molar-refractivity contribution in [2.75, 3.05) is 0 Å². The number of nitrogens with one attached hydrogen (secondary N) is 2. The van der Waals surface area contributed by atoms with Gasteiger partial charge in [-0.05, 0) is 31.0 Å². The van der Waals surface area contributed by atoms with E-state index in [1.807, 2.05) is 0 Å². The number of rotatable bonds is 3. The lowest BCUT2D eigenvalue weighted by Gasteiger charge is -2.01. The Kier molecular flexibility index (Phi) is 2.40. The number of ketones is 1. The molecule has 0 spiro atoms. The molecule has 1 aliphatic carbocycles. The molecule has 1 saturated carbocycles. The van der Waals surface area contributed by atoms with Crippen molar-refractivity contribution in [1.29, 1.82) is 0 Å². The van der Waals surface area contributed by atoms with Crippen LogP contribution < -0.4 is 5.32 Å². The minimum absolute atomic E-state index is 0.128. The summed E-state index contributed by atoms with van der Waals surface area (Å²) in [6.45, 7) is 0. The summed E-state index contributed by atoms with van der Waals surface area (Å²) in [6.07, 6.45) is 3.28. The zero-order valence-electron chi connectivity index (χ0n) is 9.50. The number of H-pyrrole nitrogens is 1. The Morgan fingerprint density at radius 1 is 1.33 bits per heavy atom. The van der Waals surface area contributed by atoms with Gasteiger partial charge in [-0.3, -0.25) is 9.59 Å². The average molecular weight is 246 g/mol. The first-order valence-corrected chi connectivity index (χ1v) is 5.77. The van der Waals surface area contributed by atoms with E-state index < -0.39 is 17.5 Å². The lowest BCUT2D eigenvalue weighted by atomic mass is 10.1. The third-order valence-electron chi connectivity index (χ3n) is 3.01. The fraction of sp³-hybridized carbons (Fsp3) is 0.231. The molecule has 2 aromatic rings. The maximum Gasteiger partial charge on any atom is 0.292 e. The molecule has 1 heterocycles. The maximum absolute atomic E-state index is 13.2. The summed E-state index contributed by atoms with van der Waals surface area (Å²) in [5, 5.41) is 3.06. The summed E-state index contributed by atoms with van der Waals surface area (Å²) >= 11 is 0. The molecule has 4 nitrogen and oxygen atoms in total. The largest absolute Gasteiger partial charge is 0.360 e. The van der Waals surface area contributed by atoms with Gasteiger partial charge in [0.2, 0.25) is 0 Å². The lowest BCUT2D eigenvalue weighted by Crippen LogP contribution is -2.32. The van der Waals surface area contributed by atoms with Crippen LogP contribution >= 0.6 is 0 Å². The summed E-state index contributed by atoms with van der Waals surface area (Å²) in [5.74, 6) is -1.68. The van der Waals surface area contributed by atoms with E-state index >= 15 is 0 Å². The van der Waals surface area contributed by atoms with E-state index in [1.165, 1.54) is 18.3 Å². The predicted octanol–water partition coefficient (Wildman–Crippen LogP) is 1.77. The number of carbonyl (C=O) groups is 2. The number of benzene rings is 1. The molecule has 0 unspecified atom stereocenters. The fourth-order valence-corrected chi connectivity index (χ4v) is 1.88. The van der Waals surface area contributed by atoms with E-state index in [0.29, 0.717) is 10.9 Å². The number of aromatic nitrogens is 1. The number of hydrogen-bond donors (Lipinski definition) is 2. The van der Waals surface area contributed by atoms with Crippen LogP contribution in [0.2, 0.25) is 0 Å². The molecule has 1 aliphatic rings. The summed E-state index contributed by atoms with van der Waals surface area (Å²) in [6, 6.07) is 4.23. The minimum atomic E-state index is -0.626. The van der Waals surface area contributed by atoms with Crippen molar-refractivity contribution in [3.8, 4) is 0 Å². The van der Waals surface area contributed by atoms with Crippen LogP contribution in [0.15, 0.2) is 24.4 Å². The Hall–Kier alpha value is -2.17. The van der Waals surface area contributed by atoms with Crippen molar-refractivity contribution in [2.24, 2.45) is 0 Å². The van der Waals surface area contributed by atoms with Gasteiger partial charge in [-0.1, -0.05) is 0 Å². The van der Waals surface area contributed by atoms with Gasteiger partial charge >= 0.3 is 0 Å². The van der Waals surface area contributed by atoms with Crippen molar-refractivity contribution in [3.05, 3.63) is 35.8 Å². The first-order chi connectivity index (χ1) is 8.65. The Morgan fingerprint density at radius 3 is 2.83 bits per heavy atom. The molecule has 1 amide bonds. The molecule has 0 saturated heterocycles. The number of aromatic amines is 1. The van der Waals surface area contributed by atoms with E-state index in [-0.39, 0.29) is 11.6 Å². The molecule has 92 valence electrons. The summed E-state index contributed by atoms with van der Waals surface area (Å²) < 4.78 is 13.2. The third-order valence-corrected chi connectivity index (χ3v) is 3.01. The third kappa shape index (κ3) is 1.88. The topological polar surface area (TPSA) is 62.0 Å². The molecule has 18 heavy (non-hydrogen) atoms. The molecule has 2 N–H and O–H groups in total. The summed E-state index contributed by atoms with van der Waals surface area (Å²) in [4.78, 5) is 26.4. The molecule has 0 aliphatic heterocycles. The smallest absolute Gasteiger partial charge is 0.292 e. The van der Waals surface area contributed by atoms with Crippen LogP contribution in [0.1, 0.15) is 23.2 Å². The Balaban J connectivity index is 1.95. The SMILES string of the molecule is O=C(NC1CC1)C(=O)c1c[nH]c2ccc(F)cc12. The Labute approximate surface area is 102 Å². The molecular weight excluding hydrogens is 235 g/mol. The van der Waals surface area contributed by atoms with E-state index in [1.54, 1.807) is 6.07 Å². The van der Waals surface area contributed by atoms with Crippen molar-refractivity contribution >= 4 is 22.6 Å². The van der Waals surface area contributed by atoms with Crippen LogP contribution in [-0.2, 0) is 4.79 Å². The Morgan fingerprint density at radius 2 is 2.11 bits per heavy atom. The van der Waals surface area contributed by atoms with Crippen LogP contribution in [0.3, 0.4) is 0 Å². The van der Waals surface area contributed by atoms with Crippen molar-refractivity contribution < 1.29 is 14.0 Å². The van der Waals surface area contributed by atoms with Crippen molar-refractivity contribution in [1.82, 2.24) is 10.3 Å². The van der Waals surface area contributed by atoms with Crippen molar-refractivity contribution in [2.45, 2.75) is 18.9 Å². The van der Waals surface area contributed by atoms with Gasteiger partial charge in [0.25, 0.3) is 11.7 Å². The van der Waals surface area contributed by atoms with Gasteiger partial charge in [0.1, 0.15) is 5.82 Å². The number of fused-ring (bicyclic) bond motifs is 1. The highest BCUT2D eigenvalue weighted by Gasteiger charge is 2.28. The van der Waals surface area contributed by atoms with E-state index in [0.717, 1.165) is 12.8 Å². The molecule has 3 rings (SSSR count). The highest BCUT2D eigenvalue weighted by molar-refractivity contribution is 6.45. The molecule has 1 aromatic carbocycles. The van der Waals surface area contributed by atoms with E-state index in [2.05, 4.69) is 10.3 Å². The zero-order valence-corrected chi connectivity index (χ0v) is 9.50. The van der Waals surface area contributed by atoms with E-state index in [9.17, 15) is 14.0 Å². The highest BCUT2D eigenvalue weighted by atomic mass is 19.1. The number of halogens is 1. The first kappa shape index (κ1) is 11.0. The molecule has 0 bridgehead atoms. The van der Waals surface area contributed by atoms with Crippen molar-refractivity contribution in [3.63, 3.8) is 0 Å². The molecule has 1 aromatic heterocycles. The second-order valence-electron chi connectivity index (χ2n) is 4.47. The molecule has 0 radical (unpaired) electrons. The van der Waals surface area contributed by atoms with E-state index in [4.69, 9.17) is 0 Å². The maximum atomic E-state index is 13.2. The Bertz CT molecular complexity index is 643. The summed E-state index contributed by atoms with van der Waals surface area (Å²) in [5.41, 5.74) is 0.849. The lowest BCUT2D eigenvalue weighted by molar-refractivity contribution is -0.117. The second-order valence-corrected chi connectivity index (χ2v) is 4.47. The van der Waals surface area contributed by atoms with Gasteiger partial charge in [0.15, 0.2) is 0 Å². The molecule has 1 fully saturated rings. The number of amides is 1. The number of Topliss-reactive ketones (excluding diaryl/α,β-unsaturated/α-hetero) is 1. The van der Waals surface area contributed by atoms with Gasteiger partial charge in [-0.25, -0.2) is 4.39 Å². The molecular formula is C13H11FN2O2. The molecule has 0 atom stereocenters. The second kappa shape index (κ2) is 3.94. The van der Waals surface area contributed by atoms with Crippen LogP contribution in [0.4, 0.5) is 4.39 Å². The van der Waals surface area contributed by atoms with Gasteiger partial charge in [-0.15, -0.1) is 0 Å². The highest BCUT2D eigenvalue weighted by Crippen LogP contribution is 2.21.